The summed E-state index contributed by atoms with van der Waals surface area (Å²) < 4.78 is 0. The van der Waals surface area contributed by atoms with E-state index in [1.165, 1.54) is 11.3 Å². The number of halogens is 2. The van der Waals surface area contributed by atoms with E-state index in [-0.39, 0.29) is 11.9 Å². The second-order valence-corrected chi connectivity index (χ2v) is 9.31. The van der Waals surface area contributed by atoms with Crippen LogP contribution in [0.2, 0.25) is 10.0 Å². The van der Waals surface area contributed by atoms with Crippen molar-refractivity contribution in [2.75, 3.05) is 18.1 Å². The van der Waals surface area contributed by atoms with Crippen LogP contribution in [0.1, 0.15) is 41.5 Å². The van der Waals surface area contributed by atoms with Crippen molar-refractivity contribution in [3.63, 3.8) is 0 Å². The first-order valence-electron chi connectivity index (χ1n) is 9.45. The molecule has 2 aliphatic rings. The molecule has 1 unspecified atom stereocenters. The molecule has 28 heavy (non-hydrogen) atoms. The summed E-state index contributed by atoms with van der Waals surface area (Å²) in [5.74, 6) is -0.132. The second-order valence-electron chi connectivity index (χ2n) is 7.14. The Bertz CT molecular complexity index is 907. The van der Waals surface area contributed by atoms with Crippen molar-refractivity contribution in [3.8, 4) is 0 Å². The zero-order valence-corrected chi connectivity index (χ0v) is 17.9. The molecule has 2 aromatic rings. The fourth-order valence-corrected chi connectivity index (χ4v) is 5.06. The third-order valence-corrected chi connectivity index (χ3v) is 6.67. The number of carbonyl (C=O) groups is 1. The number of hydrazine groups is 1. The summed E-state index contributed by atoms with van der Waals surface area (Å²) in [5.41, 5.74) is 4.29. The van der Waals surface area contributed by atoms with E-state index < -0.39 is 0 Å². The Hall–Kier alpha value is -1.60. The van der Waals surface area contributed by atoms with Crippen LogP contribution in [0.25, 0.3) is 0 Å². The highest BCUT2D eigenvalue weighted by molar-refractivity contribution is 7.12. The Labute approximate surface area is 178 Å². The molecule has 1 aromatic heterocycles. The van der Waals surface area contributed by atoms with Crippen molar-refractivity contribution in [3.05, 3.63) is 50.1 Å². The predicted octanol–water partition coefficient (Wildman–Crippen LogP) is 5.19. The molecule has 1 fully saturated rings. The molecule has 0 saturated carbocycles. The molecule has 4 rings (SSSR count). The monoisotopic (exact) mass is 436 g/mol. The molecule has 1 aromatic carbocycles. The number of hydrogen-bond donors (Lipinski definition) is 1. The Morgan fingerprint density at radius 1 is 1.18 bits per heavy atom. The van der Waals surface area contributed by atoms with Crippen molar-refractivity contribution < 1.29 is 4.79 Å². The van der Waals surface area contributed by atoms with Gasteiger partial charge in [-0.15, -0.1) is 11.3 Å². The molecule has 1 N–H and O–H groups in total. The Kier molecular flexibility index (Phi) is 5.92. The van der Waals surface area contributed by atoms with Gasteiger partial charge in [-0.25, -0.2) is 5.01 Å². The van der Waals surface area contributed by atoms with Crippen LogP contribution in [-0.2, 0) is 4.79 Å². The van der Waals surface area contributed by atoms with Crippen LogP contribution in [-0.4, -0.2) is 29.7 Å². The summed E-state index contributed by atoms with van der Waals surface area (Å²) in [4.78, 5) is 15.2. The van der Waals surface area contributed by atoms with Gasteiger partial charge in [-0.05, 0) is 50.1 Å². The molecule has 0 spiro atoms. The Morgan fingerprint density at radius 3 is 2.64 bits per heavy atom. The summed E-state index contributed by atoms with van der Waals surface area (Å²) in [6.07, 6.45) is 3.97. The van der Waals surface area contributed by atoms with Gasteiger partial charge in [-0.1, -0.05) is 29.6 Å². The first kappa shape index (κ1) is 19.7. The lowest BCUT2D eigenvalue weighted by molar-refractivity contribution is -0.119. The van der Waals surface area contributed by atoms with Gasteiger partial charge in [0.1, 0.15) is 5.71 Å². The third kappa shape index (κ3) is 4.20. The average Bonchev–Trinajstić information content (AvgIpc) is 3.29. The predicted molar refractivity (Wildman–Crippen MR) is 116 cm³/mol. The Morgan fingerprint density at radius 2 is 1.96 bits per heavy atom. The van der Waals surface area contributed by atoms with Gasteiger partial charge in [0.25, 0.3) is 5.91 Å². The van der Waals surface area contributed by atoms with Crippen molar-refractivity contribution >= 4 is 51.8 Å². The smallest absolute Gasteiger partial charge is 0.281 e. The molecule has 1 amide bonds. The standard InChI is InChI=1S/C20H22Cl2N4OS/c1-13-5-8-19(28-13)18-12-16(20(27)24-25-9-3-2-4-10-25)23-26(18)17-7-6-14(21)11-15(17)22/h5-8,11,18H,2-4,9-10,12H2,1H3,(H,24,27). The normalized spacial score (nSPS) is 20.3. The topological polar surface area (TPSA) is 47.9 Å². The number of aryl methyl sites for hydroxylation is 1. The van der Waals surface area contributed by atoms with Crippen LogP contribution in [0.3, 0.4) is 0 Å². The van der Waals surface area contributed by atoms with Gasteiger partial charge in [0, 0.05) is 34.3 Å². The van der Waals surface area contributed by atoms with E-state index in [0.717, 1.165) is 36.5 Å². The summed E-state index contributed by atoms with van der Waals surface area (Å²) in [5, 5.41) is 9.62. The minimum atomic E-state index is -0.132. The highest BCUT2D eigenvalue weighted by atomic mass is 35.5. The minimum Gasteiger partial charge on any atom is -0.284 e. The van der Waals surface area contributed by atoms with Crippen molar-refractivity contribution in [1.82, 2.24) is 10.4 Å². The van der Waals surface area contributed by atoms with E-state index in [9.17, 15) is 4.79 Å². The highest BCUT2D eigenvalue weighted by Gasteiger charge is 2.34. The van der Waals surface area contributed by atoms with Gasteiger partial charge in [0.2, 0.25) is 0 Å². The number of hydrogen-bond acceptors (Lipinski definition) is 5. The van der Waals surface area contributed by atoms with Crippen LogP contribution in [0.5, 0.6) is 0 Å². The zero-order chi connectivity index (χ0) is 19.7. The van der Waals surface area contributed by atoms with Crippen LogP contribution in [0, 0.1) is 6.92 Å². The van der Waals surface area contributed by atoms with Gasteiger partial charge >= 0.3 is 0 Å². The van der Waals surface area contributed by atoms with Crippen LogP contribution in [0.15, 0.2) is 35.4 Å². The number of amides is 1. The van der Waals surface area contributed by atoms with E-state index in [0.29, 0.717) is 22.2 Å². The Balaban J connectivity index is 1.61. The number of hydrazone groups is 1. The molecule has 148 valence electrons. The first-order chi connectivity index (χ1) is 13.5. The van der Waals surface area contributed by atoms with Crippen LogP contribution in [0.4, 0.5) is 5.69 Å². The van der Waals surface area contributed by atoms with E-state index in [1.807, 2.05) is 16.1 Å². The largest absolute Gasteiger partial charge is 0.284 e. The SMILES string of the molecule is Cc1ccc(C2CC(C(=O)NN3CCCCC3)=NN2c2ccc(Cl)cc2Cl)s1. The lowest BCUT2D eigenvalue weighted by atomic mass is 10.1. The first-order valence-corrected chi connectivity index (χ1v) is 11.0. The molecular formula is C20H22Cl2N4OS. The van der Waals surface area contributed by atoms with Crippen LogP contribution >= 0.6 is 34.5 Å². The molecule has 5 nitrogen and oxygen atoms in total. The van der Waals surface area contributed by atoms with Crippen LogP contribution < -0.4 is 10.4 Å². The number of carbonyl (C=O) groups excluding carboxylic acids is 1. The quantitative estimate of drug-likeness (QED) is 0.717. The molecule has 3 heterocycles. The molecule has 8 heteroatoms. The van der Waals surface area contributed by atoms with Crippen molar-refractivity contribution in [2.45, 2.75) is 38.6 Å². The van der Waals surface area contributed by atoms with Gasteiger partial charge in [-0.3, -0.25) is 15.2 Å². The zero-order valence-electron chi connectivity index (χ0n) is 15.6. The number of piperidine rings is 1. The fourth-order valence-electron chi connectivity index (χ4n) is 3.60. The molecular weight excluding hydrogens is 415 g/mol. The van der Waals surface area contributed by atoms with Gasteiger partial charge < -0.3 is 0 Å². The summed E-state index contributed by atoms with van der Waals surface area (Å²) in [6.45, 7) is 3.85. The lowest BCUT2D eigenvalue weighted by Gasteiger charge is -2.26. The van der Waals surface area contributed by atoms with E-state index >= 15 is 0 Å². The van der Waals surface area contributed by atoms with Crippen molar-refractivity contribution in [1.29, 1.82) is 0 Å². The van der Waals surface area contributed by atoms with E-state index in [2.05, 4.69) is 29.6 Å². The average molecular weight is 437 g/mol. The number of rotatable bonds is 4. The number of thiophene rings is 1. The highest BCUT2D eigenvalue weighted by Crippen LogP contribution is 2.41. The number of nitrogens with zero attached hydrogens (tertiary/aromatic N) is 3. The van der Waals surface area contributed by atoms with Gasteiger partial charge in [0.15, 0.2) is 0 Å². The lowest BCUT2D eigenvalue weighted by Crippen LogP contribution is -2.47. The van der Waals surface area contributed by atoms with Gasteiger partial charge in [0.05, 0.1) is 16.8 Å². The number of benzene rings is 1. The van der Waals surface area contributed by atoms with E-state index in [4.69, 9.17) is 23.2 Å². The molecule has 2 aliphatic heterocycles. The maximum atomic E-state index is 12.9. The summed E-state index contributed by atoms with van der Waals surface area (Å²) >= 11 is 14.2. The summed E-state index contributed by atoms with van der Waals surface area (Å²) in [7, 11) is 0. The maximum Gasteiger partial charge on any atom is 0.281 e. The van der Waals surface area contributed by atoms with Crippen molar-refractivity contribution in [2.24, 2.45) is 5.10 Å². The van der Waals surface area contributed by atoms with Gasteiger partial charge in [-0.2, -0.15) is 5.10 Å². The molecule has 0 bridgehead atoms. The molecule has 1 atom stereocenters. The molecule has 1 saturated heterocycles. The fraction of sp³-hybridized carbons (Fsp3) is 0.400. The molecule has 0 aliphatic carbocycles. The second kappa shape index (κ2) is 8.41. The minimum absolute atomic E-state index is 0.0560. The number of nitrogens with one attached hydrogen (secondary N) is 1. The summed E-state index contributed by atoms with van der Waals surface area (Å²) in [6, 6.07) is 9.49. The third-order valence-electron chi connectivity index (χ3n) is 5.03. The van der Waals surface area contributed by atoms with E-state index in [1.54, 1.807) is 23.5 Å². The molecule has 0 radical (unpaired) electrons. The number of anilines is 1. The maximum absolute atomic E-state index is 12.9.